The number of ether oxygens (including phenoxy) is 2. The summed E-state index contributed by atoms with van der Waals surface area (Å²) in [5.41, 5.74) is 2.23. The summed E-state index contributed by atoms with van der Waals surface area (Å²) in [6, 6.07) is 24.2. The zero-order valence-electron chi connectivity index (χ0n) is 14.5. The van der Waals surface area contributed by atoms with E-state index >= 15 is 0 Å². The maximum Gasteiger partial charge on any atom is 0.123 e. The van der Waals surface area contributed by atoms with Crippen molar-refractivity contribution in [2.24, 2.45) is 0 Å². The maximum atomic E-state index is 12.9. The van der Waals surface area contributed by atoms with Crippen LogP contribution >= 0.6 is 0 Å². The Morgan fingerprint density at radius 3 is 1.69 bits per heavy atom. The maximum absolute atomic E-state index is 12.9. The molecule has 0 aliphatic rings. The first-order chi connectivity index (χ1) is 12.8. The molecule has 0 radical (unpaired) electrons. The van der Waals surface area contributed by atoms with Gasteiger partial charge in [0.2, 0.25) is 0 Å². The van der Waals surface area contributed by atoms with Crippen LogP contribution in [0.15, 0.2) is 78.9 Å². The molecule has 1 N–H and O–H groups in total. The highest BCUT2D eigenvalue weighted by Gasteiger charge is 1.98. The lowest BCUT2D eigenvalue weighted by molar-refractivity contribution is 0.217. The fraction of sp³-hybridized carbons (Fsp3) is 0.182. The Bertz CT molecular complexity index is 774. The molecule has 0 aliphatic heterocycles. The van der Waals surface area contributed by atoms with E-state index in [-0.39, 0.29) is 5.82 Å². The summed E-state index contributed by atoms with van der Waals surface area (Å²) in [5, 5.41) is 3.34. The van der Waals surface area contributed by atoms with Crippen molar-refractivity contribution < 1.29 is 13.9 Å². The van der Waals surface area contributed by atoms with E-state index in [1.165, 1.54) is 17.7 Å². The van der Waals surface area contributed by atoms with Crippen LogP contribution in [0.3, 0.4) is 0 Å². The molecule has 0 atom stereocenters. The van der Waals surface area contributed by atoms with Crippen LogP contribution < -0.4 is 14.8 Å². The van der Waals surface area contributed by atoms with Crippen molar-refractivity contribution in [3.63, 3.8) is 0 Å². The lowest BCUT2D eigenvalue weighted by Gasteiger charge is -2.09. The SMILES string of the molecule is Fc1ccc(CNCc2ccc(OCCOc3ccccc3)cc2)cc1. The molecule has 0 saturated carbocycles. The lowest BCUT2D eigenvalue weighted by atomic mass is 10.2. The third-order valence-electron chi connectivity index (χ3n) is 3.86. The summed E-state index contributed by atoms with van der Waals surface area (Å²) < 4.78 is 24.2. The summed E-state index contributed by atoms with van der Waals surface area (Å²) >= 11 is 0. The van der Waals surface area contributed by atoms with Gasteiger partial charge in [0.15, 0.2) is 0 Å². The highest BCUT2D eigenvalue weighted by molar-refractivity contribution is 5.27. The van der Waals surface area contributed by atoms with E-state index < -0.39 is 0 Å². The van der Waals surface area contributed by atoms with Gasteiger partial charge in [-0.2, -0.15) is 0 Å². The molecule has 26 heavy (non-hydrogen) atoms. The quantitative estimate of drug-likeness (QED) is 0.573. The van der Waals surface area contributed by atoms with Crippen LogP contribution in [0.1, 0.15) is 11.1 Å². The molecule has 0 heterocycles. The van der Waals surface area contributed by atoms with Crippen molar-refractivity contribution in [1.29, 1.82) is 0 Å². The van der Waals surface area contributed by atoms with Crippen LogP contribution in [0, 0.1) is 5.82 Å². The largest absolute Gasteiger partial charge is 0.490 e. The van der Waals surface area contributed by atoms with Gasteiger partial charge in [-0.1, -0.05) is 42.5 Å². The van der Waals surface area contributed by atoms with Crippen LogP contribution in [0.2, 0.25) is 0 Å². The first kappa shape index (κ1) is 18.0. The minimum absolute atomic E-state index is 0.210. The van der Waals surface area contributed by atoms with Gasteiger partial charge >= 0.3 is 0 Å². The predicted octanol–water partition coefficient (Wildman–Crippen LogP) is 4.57. The van der Waals surface area contributed by atoms with E-state index in [4.69, 9.17) is 9.47 Å². The van der Waals surface area contributed by atoms with E-state index in [1.54, 1.807) is 12.1 Å². The summed E-state index contributed by atoms with van der Waals surface area (Å²) in [5.74, 6) is 1.46. The van der Waals surface area contributed by atoms with E-state index in [0.717, 1.165) is 23.6 Å². The van der Waals surface area contributed by atoms with Gasteiger partial charge in [-0.25, -0.2) is 4.39 Å². The molecule has 3 rings (SSSR count). The van der Waals surface area contributed by atoms with Gasteiger partial charge in [-0.15, -0.1) is 0 Å². The molecule has 0 aliphatic carbocycles. The average molecular weight is 351 g/mol. The zero-order valence-corrected chi connectivity index (χ0v) is 14.5. The van der Waals surface area contributed by atoms with Gasteiger partial charge in [0, 0.05) is 13.1 Å². The van der Waals surface area contributed by atoms with Crippen molar-refractivity contribution >= 4 is 0 Å². The fourth-order valence-electron chi connectivity index (χ4n) is 2.49. The Morgan fingerprint density at radius 1 is 0.615 bits per heavy atom. The predicted molar refractivity (Wildman–Crippen MR) is 101 cm³/mol. The first-order valence-electron chi connectivity index (χ1n) is 8.64. The Balaban J connectivity index is 1.35. The summed E-state index contributed by atoms with van der Waals surface area (Å²) in [6.07, 6.45) is 0. The van der Waals surface area contributed by atoms with Gasteiger partial charge < -0.3 is 14.8 Å². The number of halogens is 1. The molecule has 0 fully saturated rings. The summed E-state index contributed by atoms with van der Waals surface area (Å²) in [7, 11) is 0. The number of nitrogens with one attached hydrogen (secondary N) is 1. The van der Waals surface area contributed by atoms with Gasteiger partial charge in [0.1, 0.15) is 30.5 Å². The number of benzene rings is 3. The summed E-state index contributed by atoms with van der Waals surface area (Å²) in [4.78, 5) is 0. The minimum atomic E-state index is -0.210. The van der Waals surface area contributed by atoms with Crippen molar-refractivity contribution in [2.75, 3.05) is 13.2 Å². The Hall–Kier alpha value is -2.85. The molecule has 4 heteroatoms. The van der Waals surface area contributed by atoms with Crippen LogP contribution in [-0.2, 0) is 13.1 Å². The van der Waals surface area contributed by atoms with Crippen molar-refractivity contribution in [2.45, 2.75) is 13.1 Å². The van der Waals surface area contributed by atoms with Gasteiger partial charge in [-0.3, -0.25) is 0 Å². The normalized spacial score (nSPS) is 10.5. The zero-order chi connectivity index (χ0) is 18.0. The minimum Gasteiger partial charge on any atom is -0.490 e. The van der Waals surface area contributed by atoms with Crippen LogP contribution in [0.5, 0.6) is 11.5 Å². The molecule has 0 unspecified atom stereocenters. The smallest absolute Gasteiger partial charge is 0.123 e. The third-order valence-corrected chi connectivity index (χ3v) is 3.86. The molecule has 134 valence electrons. The Kier molecular flexibility index (Phi) is 6.62. The number of hydrogen-bond donors (Lipinski definition) is 1. The van der Waals surface area contributed by atoms with Crippen molar-refractivity contribution in [3.05, 3.63) is 95.8 Å². The van der Waals surface area contributed by atoms with Gasteiger partial charge in [0.25, 0.3) is 0 Å². The molecular weight excluding hydrogens is 329 g/mol. The monoisotopic (exact) mass is 351 g/mol. The molecule has 0 aromatic heterocycles. The molecule has 0 saturated heterocycles. The number of para-hydroxylation sites is 1. The Labute approximate surface area is 153 Å². The van der Waals surface area contributed by atoms with Crippen LogP contribution in [-0.4, -0.2) is 13.2 Å². The molecule has 0 spiro atoms. The second-order valence-corrected chi connectivity index (χ2v) is 5.88. The van der Waals surface area contributed by atoms with Crippen LogP contribution in [0.4, 0.5) is 4.39 Å². The fourth-order valence-corrected chi connectivity index (χ4v) is 2.49. The van der Waals surface area contributed by atoms with Crippen LogP contribution in [0.25, 0.3) is 0 Å². The molecule has 3 aromatic carbocycles. The number of hydrogen-bond acceptors (Lipinski definition) is 3. The van der Waals surface area contributed by atoms with E-state index in [0.29, 0.717) is 19.8 Å². The number of rotatable bonds is 9. The molecule has 3 aromatic rings. The Morgan fingerprint density at radius 2 is 1.12 bits per heavy atom. The second-order valence-electron chi connectivity index (χ2n) is 5.88. The highest BCUT2D eigenvalue weighted by Crippen LogP contribution is 2.13. The third kappa shape index (κ3) is 5.90. The van der Waals surface area contributed by atoms with Gasteiger partial charge in [-0.05, 0) is 47.5 Å². The van der Waals surface area contributed by atoms with Crippen molar-refractivity contribution in [3.8, 4) is 11.5 Å². The molecular formula is C22H22FNO2. The van der Waals surface area contributed by atoms with E-state index in [2.05, 4.69) is 5.32 Å². The first-order valence-corrected chi connectivity index (χ1v) is 8.64. The van der Waals surface area contributed by atoms with Gasteiger partial charge in [0.05, 0.1) is 0 Å². The highest BCUT2D eigenvalue weighted by atomic mass is 19.1. The topological polar surface area (TPSA) is 30.5 Å². The van der Waals surface area contributed by atoms with Crippen molar-refractivity contribution in [1.82, 2.24) is 5.32 Å². The lowest BCUT2D eigenvalue weighted by Crippen LogP contribution is -2.12. The second kappa shape index (κ2) is 9.59. The standard InChI is InChI=1S/C22H22FNO2/c23-20-10-6-18(7-11-20)16-24-17-19-8-12-22(13-9-19)26-15-14-25-21-4-2-1-3-5-21/h1-13,24H,14-17H2. The average Bonchev–Trinajstić information content (AvgIpc) is 2.69. The molecule has 3 nitrogen and oxygen atoms in total. The molecule has 0 amide bonds. The van der Waals surface area contributed by atoms with E-state index in [1.807, 2.05) is 54.6 Å². The van der Waals surface area contributed by atoms with E-state index in [9.17, 15) is 4.39 Å². The summed E-state index contributed by atoms with van der Waals surface area (Å²) in [6.45, 7) is 2.45. The molecule has 0 bridgehead atoms.